The topological polar surface area (TPSA) is 58.1 Å². The van der Waals surface area contributed by atoms with Crippen LogP contribution in [0.1, 0.15) is 52.4 Å². The van der Waals surface area contributed by atoms with Gasteiger partial charge >= 0.3 is 0 Å². The van der Waals surface area contributed by atoms with Gasteiger partial charge in [0.15, 0.2) is 5.75 Å². The number of anilines is 1. The van der Waals surface area contributed by atoms with Crippen molar-refractivity contribution in [2.45, 2.75) is 58.5 Å². The third kappa shape index (κ3) is 5.72. The van der Waals surface area contributed by atoms with E-state index < -0.39 is 0 Å². The van der Waals surface area contributed by atoms with Crippen molar-refractivity contribution < 1.29 is 14.6 Å². The fourth-order valence-electron chi connectivity index (χ4n) is 5.55. The second-order valence-corrected chi connectivity index (χ2v) is 9.75. The van der Waals surface area contributed by atoms with Crippen molar-refractivity contribution in [3.8, 4) is 11.5 Å². The van der Waals surface area contributed by atoms with Crippen molar-refractivity contribution >= 4 is 16.6 Å². The van der Waals surface area contributed by atoms with Gasteiger partial charge in [0, 0.05) is 18.5 Å². The van der Waals surface area contributed by atoms with E-state index in [1.54, 1.807) is 7.11 Å². The quantitative estimate of drug-likeness (QED) is 0.559. The lowest BCUT2D eigenvalue weighted by Gasteiger charge is -2.37. The number of hydrogen-bond acceptors (Lipinski definition) is 6. The highest BCUT2D eigenvalue weighted by molar-refractivity contribution is 5.96. The zero-order chi connectivity index (χ0) is 23.2. The van der Waals surface area contributed by atoms with Crippen molar-refractivity contribution in [2.24, 2.45) is 11.8 Å². The normalized spacial score (nSPS) is 19.2. The average Bonchev–Trinajstić information content (AvgIpc) is 2.86. The van der Waals surface area contributed by atoms with Crippen molar-refractivity contribution in [2.75, 3.05) is 51.3 Å². The number of aliphatic hydroxyl groups is 1. The summed E-state index contributed by atoms with van der Waals surface area (Å²) in [6, 6.07) is 6.06. The molecule has 0 aliphatic carbocycles. The van der Waals surface area contributed by atoms with Crippen LogP contribution in [0.4, 0.5) is 5.69 Å². The van der Waals surface area contributed by atoms with Crippen LogP contribution in [0, 0.1) is 11.8 Å². The minimum atomic E-state index is -0.185. The molecule has 2 aromatic rings. The van der Waals surface area contributed by atoms with Gasteiger partial charge in [-0.15, -0.1) is 0 Å². The van der Waals surface area contributed by atoms with Crippen LogP contribution in [0.5, 0.6) is 11.5 Å². The summed E-state index contributed by atoms with van der Waals surface area (Å²) < 4.78 is 11.4. The minimum Gasteiger partial charge on any atom is -0.497 e. The van der Waals surface area contributed by atoms with Gasteiger partial charge in [-0.05, 0) is 68.8 Å². The Labute approximate surface area is 198 Å². The van der Waals surface area contributed by atoms with Crippen LogP contribution in [-0.2, 0) is 0 Å². The Bertz CT molecular complexity index is 892. The number of ether oxygens (including phenoxy) is 2. The van der Waals surface area contributed by atoms with Gasteiger partial charge in [-0.1, -0.05) is 26.7 Å². The lowest BCUT2D eigenvalue weighted by molar-refractivity contribution is 0.0444. The summed E-state index contributed by atoms with van der Waals surface area (Å²) in [6.45, 7) is 10.1. The highest BCUT2D eigenvalue weighted by Gasteiger charge is 2.26. The number of hydrogen-bond donors (Lipinski definition) is 1. The first kappa shape index (κ1) is 24.1. The number of methoxy groups -OCH3 is 1. The van der Waals surface area contributed by atoms with Crippen LogP contribution in [0.3, 0.4) is 0 Å². The van der Waals surface area contributed by atoms with Crippen molar-refractivity contribution in [1.82, 2.24) is 9.88 Å². The number of fused-ring (bicyclic) bond motifs is 3. The minimum absolute atomic E-state index is 0.185. The number of rotatable bonds is 10. The predicted octanol–water partition coefficient (Wildman–Crippen LogP) is 4.73. The Balaban J connectivity index is 1.34. The molecule has 1 fully saturated rings. The van der Waals surface area contributed by atoms with E-state index in [1.807, 2.05) is 18.3 Å². The number of nitrogens with zero attached hydrogens (tertiary/aromatic N) is 3. The van der Waals surface area contributed by atoms with Gasteiger partial charge in [0.25, 0.3) is 0 Å². The van der Waals surface area contributed by atoms with Gasteiger partial charge in [-0.25, -0.2) is 0 Å². The van der Waals surface area contributed by atoms with Crippen LogP contribution in [0.25, 0.3) is 10.9 Å². The van der Waals surface area contributed by atoms with E-state index in [2.05, 4.69) is 34.7 Å². The molecule has 1 N–H and O–H groups in total. The second-order valence-electron chi connectivity index (χ2n) is 9.75. The predicted molar refractivity (Wildman–Crippen MR) is 134 cm³/mol. The van der Waals surface area contributed by atoms with Gasteiger partial charge < -0.3 is 24.4 Å². The summed E-state index contributed by atoms with van der Waals surface area (Å²) in [4.78, 5) is 9.55. The smallest absolute Gasteiger partial charge is 0.161 e. The maximum absolute atomic E-state index is 10.7. The number of likely N-dealkylation sites (tertiary alicyclic amines) is 1. The molecule has 2 unspecified atom stereocenters. The largest absolute Gasteiger partial charge is 0.497 e. The van der Waals surface area contributed by atoms with Crippen LogP contribution in [-0.4, -0.2) is 67.5 Å². The first-order valence-corrected chi connectivity index (χ1v) is 12.9. The number of piperidine rings is 1. The molecule has 2 atom stereocenters. The Kier molecular flexibility index (Phi) is 8.31. The molecule has 33 heavy (non-hydrogen) atoms. The number of aliphatic hydroxyl groups excluding tert-OH is 1. The number of benzene rings is 1. The number of pyridine rings is 1. The van der Waals surface area contributed by atoms with Gasteiger partial charge in [0.05, 0.1) is 37.2 Å². The van der Waals surface area contributed by atoms with Gasteiger partial charge in [-0.2, -0.15) is 0 Å². The third-order valence-corrected chi connectivity index (χ3v) is 7.64. The van der Waals surface area contributed by atoms with E-state index in [0.717, 1.165) is 86.0 Å². The molecule has 1 aromatic carbocycles. The second kappa shape index (κ2) is 11.4. The Morgan fingerprint density at radius 3 is 2.76 bits per heavy atom. The molecule has 0 spiro atoms. The van der Waals surface area contributed by atoms with E-state index in [-0.39, 0.29) is 6.10 Å². The van der Waals surface area contributed by atoms with E-state index in [1.165, 1.54) is 19.3 Å². The first-order valence-electron chi connectivity index (χ1n) is 12.9. The number of β-amino-alcohol motifs (C(OH)–C–C–N with tert-alkyl or cyclic N) is 1. The molecule has 0 amide bonds. The molecule has 1 saturated heterocycles. The fraction of sp³-hybridized carbons (Fsp3) is 0.667. The summed E-state index contributed by atoms with van der Waals surface area (Å²) in [7, 11) is 1.70. The highest BCUT2D eigenvalue weighted by atomic mass is 16.5. The molecule has 0 saturated carbocycles. The molecule has 2 aliphatic heterocycles. The van der Waals surface area contributed by atoms with Crippen molar-refractivity contribution in [3.63, 3.8) is 0 Å². The molecular formula is C27H41N3O3. The fourth-order valence-corrected chi connectivity index (χ4v) is 5.55. The van der Waals surface area contributed by atoms with Gasteiger partial charge in [0.1, 0.15) is 12.4 Å². The van der Waals surface area contributed by atoms with Gasteiger partial charge in [0.2, 0.25) is 0 Å². The first-order chi connectivity index (χ1) is 16.1. The van der Waals surface area contributed by atoms with E-state index in [0.29, 0.717) is 12.5 Å². The van der Waals surface area contributed by atoms with E-state index >= 15 is 0 Å². The van der Waals surface area contributed by atoms with E-state index in [9.17, 15) is 5.11 Å². The average molecular weight is 456 g/mol. The SMILES string of the molecule is CCCC(CC)C(O)CN1CCC(CCN2CCOc3cnc4ccc(OC)cc4c32)CC1. The lowest BCUT2D eigenvalue weighted by atomic mass is 9.91. The highest BCUT2D eigenvalue weighted by Crippen LogP contribution is 2.39. The van der Waals surface area contributed by atoms with Crippen molar-refractivity contribution in [3.05, 3.63) is 24.4 Å². The summed E-state index contributed by atoms with van der Waals surface area (Å²) in [5, 5.41) is 11.8. The maximum Gasteiger partial charge on any atom is 0.161 e. The molecule has 3 heterocycles. The zero-order valence-electron chi connectivity index (χ0n) is 20.6. The van der Waals surface area contributed by atoms with Crippen LogP contribution in [0.15, 0.2) is 24.4 Å². The van der Waals surface area contributed by atoms with Crippen molar-refractivity contribution in [1.29, 1.82) is 0 Å². The Hall–Kier alpha value is -2.05. The molecule has 6 heteroatoms. The summed E-state index contributed by atoms with van der Waals surface area (Å²) in [5.41, 5.74) is 2.14. The van der Waals surface area contributed by atoms with Crippen LogP contribution >= 0.6 is 0 Å². The monoisotopic (exact) mass is 455 g/mol. The Morgan fingerprint density at radius 2 is 2.03 bits per heavy atom. The summed E-state index contributed by atoms with van der Waals surface area (Å²) in [5.74, 6) is 2.91. The van der Waals surface area contributed by atoms with Gasteiger partial charge in [-0.3, -0.25) is 4.98 Å². The van der Waals surface area contributed by atoms with Crippen LogP contribution < -0.4 is 14.4 Å². The Morgan fingerprint density at radius 1 is 1.21 bits per heavy atom. The molecule has 0 bridgehead atoms. The molecule has 4 rings (SSSR count). The summed E-state index contributed by atoms with van der Waals surface area (Å²) >= 11 is 0. The third-order valence-electron chi connectivity index (χ3n) is 7.64. The summed E-state index contributed by atoms with van der Waals surface area (Å²) in [6.07, 6.45) is 8.67. The van der Waals surface area contributed by atoms with Crippen LogP contribution in [0.2, 0.25) is 0 Å². The number of aromatic nitrogens is 1. The molecule has 6 nitrogen and oxygen atoms in total. The molecular weight excluding hydrogens is 414 g/mol. The lowest BCUT2D eigenvalue weighted by Crippen LogP contribution is -2.42. The molecule has 2 aliphatic rings. The molecule has 182 valence electrons. The standard InChI is InChI=1S/C27H41N3O3/c1-4-6-21(5-2)25(31)19-29-12-9-20(10-13-29)11-14-30-15-16-33-26-18-28-24-8-7-22(32-3)17-23(24)27(26)30/h7-8,17-18,20-21,25,31H,4-6,9-16,19H2,1-3H3. The molecule has 0 radical (unpaired) electrons. The van der Waals surface area contributed by atoms with E-state index in [4.69, 9.17) is 9.47 Å². The maximum atomic E-state index is 10.7. The zero-order valence-corrected chi connectivity index (χ0v) is 20.6. The molecule has 1 aromatic heterocycles.